The molecule has 0 aliphatic carbocycles. The van der Waals surface area contributed by atoms with Crippen LogP contribution in [0.25, 0.3) is 11.4 Å². The number of anilines is 1. The van der Waals surface area contributed by atoms with Crippen LogP contribution in [0, 0.1) is 0 Å². The molecule has 104 valence electrons. The van der Waals surface area contributed by atoms with Crippen LogP contribution in [0.2, 0.25) is 0 Å². The van der Waals surface area contributed by atoms with E-state index in [1.54, 1.807) is 31.0 Å². The Morgan fingerprint density at radius 1 is 0.857 bits per heavy atom. The van der Waals surface area contributed by atoms with Gasteiger partial charge in [-0.05, 0) is 18.2 Å². The van der Waals surface area contributed by atoms with Crippen LogP contribution in [0.3, 0.4) is 0 Å². The fourth-order valence-electron chi connectivity index (χ4n) is 1.87. The molecule has 3 rings (SSSR count). The molecule has 0 aliphatic heterocycles. The van der Waals surface area contributed by atoms with Crippen molar-refractivity contribution in [3.63, 3.8) is 0 Å². The Bertz CT molecular complexity index is 687. The third-order valence-electron chi connectivity index (χ3n) is 2.87. The number of hydrogen-bond acceptors (Lipinski definition) is 6. The quantitative estimate of drug-likeness (QED) is 0.769. The molecule has 3 heterocycles. The highest BCUT2D eigenvalue weighted by Crippen LogP contribution is 2.13. The van der Waals surface area contributed by atoms with E-state index in [1.807, 2.05) is 24.3 Å². The average Bonchev–Trinajstić information content (AvgIpc) is 2.57. The maximum absolute atomic E-state index is 4.43. The first-order chi connectivity index (χ1) is 10.4. The summed E-state index contributed by atoms with van der Waals surface area (Å²) in [6.45, 7) is 0.723. The van der Waals surface area contributed by atoms with E-state index in [0.29, 0.717) is 5.95 Å². The highest BCUT2D eigenvalue weighted by Gasteiger charge is 2.03. The van der Waals surface area contributed by atoms with Gasteiger partial charge in [-0.3, -0.25) is 15.0 Å². The van der Waals surface area contributed by atoms with Crippen molar-refractivity contribution < 1.29 is 0 Å². The Morgan fingerprint density at radius 3 is 2.67 bits per heavy atom. The van der Waals surface area contributed by atoms with Gasteiger partial charge >= 0.3 is 0 Å². The van der Waals surface area contributed by atoms with Crippen molar-refractivity contribution in [3.8, 4) is 11.4 Å². The van der Waals surface area contributed by atoms with Gasteiger partial charge in [-0.2, -0.15) is 0 Å². The summed E-state index contributed by atoms with van der Waals surface area (Å²) in [6.07, 6.45) is 9.28. The van der Waals surface area contributed by atoms with Crippen molar-refractivity contribution >= 4 is 5.95 Å². The van der Waals surface area contributed by atoms with Crippen molar-refractivity contribution in [1.82, 2.24) is 24.9 Å². The van der Waals surface area contributed by atoms with Gasteiger partial charge in [0.15, 0.2) is 0 Å². The van der Waals surface area contributed by atoms with E-state index < -0.39 is 0 Å². The molecule has 0 unspecified atom stereocenters. The second-order valence-corrected chi connectivity index (χ2v) is 4.35. The maximum Gasteiger partial charge on any atom is 0.223 e. The molecule has 6 heteroatoms. The summed E-state index contributed by atoms with van der Waals surface area (Å²) < 4.78 is 0. The summed E-state index contributed by atoms with van der Waals surface area (Å²) in [7, 11) is 0. The molecular weight excluding hydrogens is 264 g/mol. The molecule has 0 radical (unpaired) electrons. The minimum Gasteiger partial charge on any atom is -0.354 e. The van der Waals surface area contributed by atoms with E-state index in [1.165, 1.54) is 0 Å². The smallest absolute Gasteiger partial charge is 0.223 e. The topological polar surface area (TPSA) is 76.5 Å². The molecule has 0 fully saturated rings. The third-order valence-corrected chi connectivity index (χ3v) is 2.87. The SMILES string of the molecule is c1ccc(CCNc2nccc(-c3cnccn3)n2)nc1. The lowest BCUT2D eigenvalue weighted by molar-refractivity contribution is 0.941. The van der Waals surface area contributed by atoms with Crippen LogP contribution >= 0.6 is 0 Å². The maximum atomic E-state index is 4.43. The van der Waals surface area contributed by atoms with Gasteiger partial charge in [0.05, 0.1) is 11.9 Å². The normalized spacial score (nSPS) is 10.3. The van der Waals surface area contributed by atoms with Crippen LogP contribution in [-0.2, 0) is 6.42 Å². The minimum absolute atomic E-state index is 0.578. The Labute approximate surface area is 122 Å². The van der Waals surface area contributed by atoms with Crippen LogP contribution in [-0.4, -0.2) is 31.5 Å². The summed E-state index contributed by atoms with van der Waals surface area (Å²) >= 11 is 0. The van der Waals surface area contributed by atoms with E-state index in [-0.39, 0.29) is 0 Å². The Hall–Kier alpha value is -2.89. The molecule has 1 N–H and O–H groups in total. The van der Waals surface area contributed by atoms with E-state index >= 15 is 0 Å². The molecular formula is C15H14N6. The average molecular weight is 278 g/mol. The molecule has 0 bridgehead atoms. The van der Waals surface area contributed by atoms with Crippen molar-refractivity contribution in [2.75, 3.05) is 11.9 Å². The van der Waals surface area contributed by atoms with Gasteiger partial charge < -0.3 is 5.32 Å². The predicted octanol–water partition coefficient (Wildman–Crippen LogP) is 1.98. The summed E-state index contributed by atoms with van der Waals surface area (Å²) in [5.74, 6) is 0.578. The zero-order chi connectivity index (χ0) is 14.3. The predicted molar refractivity (Wildman–Crippen MR) is 79.5 cm³/mol. The second kappa shape index (κ2) is 6.51. The number of aromatic nitrogens is 5. The van der Waals surface area contributed by atoms with Gasteiger partial charge in [0.1, 0.15) is 5.69 Å². The van der Waals surface area contributed by atoms with Gasteiger partial charge in [0.25, 0.3) is 0 Å². The first-order valence-corrected chi connectivity index (χ1v) is 6.65. The lowest BCUT2D eigenvalue weighted by atomic mass is 10.3. The zero-order valence-corrected chi connectivity index (χ0v) is 11.3. The largest absolute Gasteiger partial charge is 0.354 e. The van der Waals surface area contributed by atoms with E-state index in [9.17, 15) is 0 Å². The molecule has 0 saturated carbocycles. The molecule has 21 heavy (non-hydrogen) atoms. The first-order valence-electron chi connectivity index (χ1n) is 6.65. The monoisotopic (exact) mass is 278 g/mol. The van der Waals surface area contributed by atoms with Crippen LogP contribution in [0.15, 0.2) is 55.2 Å². The molecule has 3 aromatic rings. The van der Waals surface area contributed by atoms with Crippen LogP contribution in [0.5, 0.6) is 0 Å². The fraction of sp³-hybridized carbons (Fsp3) is 0.133. The summed E-state index contributed by atoms with van der Waals surface area (Å²) in [4.78, 5) is 21.2. The molecule has 3 aromatic heterocycles. The highest BCUT2D eigenvalue weighted by molar-refractivity contribution is 5.53. The van der Waals surface area contributed by atoms with Gasteiger partial charge in [-0.25, -0.2) is 9.97 Å². The van der Waals surface area contributed by atoms with Crippen molar-refractivity contribution in [1.29, 1.82) is 0 Å². The van der Waals surface area contributed by atoms with Crippen molar-refractivity contribution in [3.05, 3.63) is 60.9 Å². The fourth-order valence-corrected chi connectivity index (χ4v) is 1.87. The van der Waals surface area contributed by atoms with Gasteiger partial charge in [0.2, 0.25) is 5.95 Å². The number of nitrogens with zero attached hydrogens (tertiary/aromatic N) is 5. The first kappa shape index (κ1) is 13.1. The molecule has 0 atom stereocenters. The van der Waals surface area contributed by atoms with Crippen molar-refractivity contribution in [2.45, 2.75) is 6.42 Å². The van der Waals surface area contributed by atoms with E-state index in [4.69, 9.17) is 0 Å². The van der Waals surface area contributed by atoms with E-state index in [0.717, 1.165) is 30.0 Å². The molecule has 0 aromatic carbocycles. The lowest BCUT2D eigenvalue weighted by Gasteiger charge is -2.05. The third kappa shape index (κ3) is 3.56. The Morgan fingerprint density at radius 2 is 1.86 bits per heavy atom. The number of hydrogen-bond donors (Lipinski definition) is 1. The summed E-state index contributed by atoms with van der Waals surface area (Å²) in [5, 5.41) is 3.19. The number of pyridine rings is 1. The second-order valence-electron chi connectivity index (χ2n) is 4.35. The molecule has 0 saturated heterocycles. The number of nitrogens with one attached hydrogen (secondary N) is 1. The minimum atomic E-state index is 0.578. The Kier molecular flexibility index (Phi) is 4.07. The molecule has 6 nitrogen and oxygen atoms in total. The van der Waals surface area contributed by atoms with Gasteiger partial charge in [-0.15, -0.1) is 0 Å². The van der Waals surface area contributed by atoms with Crippen LogP contribution < -0.4 is 5.32 Å². The Balaban J connectivity index is 1.64. The highest BCUT2D eigenvalue weighted by atomic mass is 15.1. The standard InChI is InChI=1S/C15H14N6/c1-2-6-17-12(3-1)4-7-19-15-20-8-5-13(21-15)14-11-16-9-10-18-14/h1-3,5-6,8-11H,4,7H2,(H,19,20,21). The summed E-state index contributed by atoms with van der Waals surface area (Å²) in [6, 6.07) is 7.70. The van der Waals surface area contributed by atoms with Crippen molar-refractivity contribution in [2.24, 2.45) is 0 Å². The van der Waals surface area contributed by atoms with E-state index in [2.05, 4.69) is 30.2 Å². The van der Waals surface area contributed by atoms with Gasteiger partial charge in [0, 0.05) is 43.4 Å². The lowest BCUT2D eigenvalue weighted by Crippen LogP contribution is -2.09. The molecule has 0 spiro atoms. The van der Waals surface area contributed by atoms with Gasteiger partial charge in [-0.1, -0.05) is 6.07 Å². The zero-order valence-electron chi connectivity index (χ0n) is 11.3. The molecule has 0 amide bonds. The van der Waals surface area contributed by atoms with Crippen LogP contribution in [0.4, 0.5) is 5.95 Å². The molecule has 0 aliphatic rings. The number of rotatable bonds is 5. The van der Waals surface area contributed by atoms with Crippen LogP contribution in [0.1, 0.15) is 5.69 Å². The summed E-state index contributed by atoms with van der Waals surface area (Å²) in [5.41, 5.74) is 2.51.